The first-order valence-electron chi connectivity index (χ1n) is 5.78. The van der Waals surface area contributed by atoms with Gasteiger partial charge in [-0.2, -0.15) is 5.26 Å². The second kappa shape index (κ2) is 6.57. The molecule has 0 saturated carbocycles. The fourth-order valence-corrected chi connectivity index (χ4v) is 2.73. The summed E-state index contributed by atoms with van der Waals surface area (Å²) in [5.74, 6) is -2.66. The van der Waals surface area contributed by atoms with E-state index in [1.165, 1.54) is 24.3 Å². The first-order chi connectivity index (χ1) is 9.95. The topological polar surface area (TPSA) is 40.9 Å². The molecule has 0 N–H and O–H groups in total. The molecule has 2 aromatic carbocycles. The number of halogens is 4. The van der Waals surface area contributed by atoms with Gasteiger partial charge in [-0.3, -0.25) is 4.79 Å². The summed E-state index contributed by atoms with van der Waals surface area (Å²) < 4.78 is 14.5. The average Bonchev–Trinajstić information content (AvgIpc) is 2.45. The van der Waals surface area contributed by atoms with Crippen molar-refractivity contribution in [3.63, 3.8) is 0 Å². The number of nitrogens with zero attached hydrogens (tertiary/aromatic N) is 1. The summed E-state index contributed by atoms with van der Waals surface area (Å²) in [5.41, 5.74) is -0.000352. The van der Waals surface area contributed by atoms with Crippen molar-refractivity contribution in [2.24, 2.45) is 0 Å². The minimum absolute atomic E-state index is 0.0287. The van der Waals surface area contributed by atoms with Crippen molar-refractivity contribution >= 4 is 44.9 Å². The SMILES string of the molecule is N#CC(C(=O)c1cc(Br)ccc1Cl)c1c(F)cccc1Cl. The lowest BCUT2D eigenvalue weighted by atomic mass is 9.91. The number of nitriles is 1. The van der Waals surface area contributed by atoms with Crippen LogP contribution in [0.3, 0.4) is 0 Å². The summed E-state index contributed by atoms with van der Waals surface area (Å²) in [4.78, 5) is 12.5. The molecular weight excluding hydrogens is 380 g/mol. The molecule has 0 radical (unpaired) electrons. The lowest BCUT2D eigenvalue weighted by Crippen LogP contribution is -2.14. The Bertz CT molecular complexity index is 738. The predicted octanol–water partition coefficient (Wildman–Crippen LogP) is 5.39. The van der Waals surface area contributed by atoms with Crippen molar-refractivity contribution in [2.75, 3.05) is 0 Å². The summed E-state index contributed by atoms with van der Waals surface area (Å²) in [6.07, 6.45) is 0. The number of hydrogen-bond acceptors (Lipinski definition) is 2. The maximum absolute atomic E-state index is 13.9. The van der Waals surface area contributed by atoms with Gasteiger partial charge in [0.15, 0.2) is 5.78 Å². The zero-order chi connectivity index (χ0) is 15.6. The highest BCUT2D eigenvalue weighted by Crippen LogP contribution is 2.32. The number of carbonyl (C=O) groups is 1. The van der Waals surface area contributed by atoms with E-state index in [0.717, 1.165) is 6.07 Å². The zero-order valence-electron chi connectivity index (χ0n) is 10.4. The van der Waals surface area contributed by atoms with Gasteiger partial charge in [0.1, 0.15) is 11.7 Å². The van der Waals surface area contributed by atoms with Crippen LogP contribution in [0, 0.1) is 17.1 Å². The maximum atomic E-state index is 13.9. The van der Waals surface area contributed by atoms with Crippen molar-refractivity contribution in [1.82, 2.24) is 0 Å². The number of carbonyl (C=O) groups excluding carboxylic acids is 1. The van der Waals surface area contributed by atoms with Crippen molar-refractivity contribution in [3.8, 4) is 6.07 Å². The fraction of sp³-hybridized carbons (Fsp3) is 0.0667. The first kappa shape index (κ1) is 16.0. The highest BCUT2D eigenvalue weighted by Gasteiger charge is 2.28. The van der Waals surface area contributed by atoms with Crippen LogP contribution in [-0.4, -0.2) is 5.78 Å². The van der Waals surface area contributed by atoms with E-state index in [9.17, 15) is 14.4 Å². The minimum atomic E-state index is -1.36. The molecule has 0 spiro atoms. The summed E-state index contributed by atoms with van der Waals surface area (Å²) in [6.45, 7) is 0. The molecule has 0 heterocycles. The van der Waals surface area contributed by atoms with Crippen molar-refractivity contribution in [1.29, 1.82) is 5.26 Å². The molecule has 0 aliphatic heterocycles. The normalized spacial score (nSPS) is 11.8. The number of ketones is 1. The molecule has 2 rings (SSSR count). The van der Waals surface area contributed by atoms with Crippen molar-refractivity contribution in [3.05, 3.63) is 67.9 Å². The Hall–Kier alpha value is -1.41. The van der Waals surface area contributed by atoms with E-state index in [1.807, 2.05) is 0 Å². The second-order valence-corrected chi connectivity index (χ2v) is 5.92. The summed E-state index contributed by atoms with van der Waals surface area (Å²) >= 11 is 15.1. The molecule has 0 aliphatic rings. The molecular formula is C15H7BrCl2FNO. The predicted molar refractivity (Wildman–Crippen MR) is 83.2 cm³/mol. The van der Waals surface area contributed by atoms with Crippen LogP contribution in [0.25, 0.3) is 0 Å². The van der Waals surface area contributed by atoms with E-state index in [1.54, 1.807) is 12.1 Å². The molecule has 1 atom stereocenters. The molecule has 0 amide bonds. The van der Waals surface area contributed by atoms with Crippen LogP contribution in [0.2, 0.25) is 10.0 Å². The van der Waals surface area contributed by atoms with Gasteiger partial charge in [-0.1, -0.05) is 45.2 Å². The Morgan fingerprint density at radius 3 is 2.57 bits per heavy atom. The van der Waals surface area contributed by atoms with E-state index in [4.69, 9.17) is 23.2 Å². The van der Waals surface area contributed by atoms with Crippen LogP contribution >= 0.6 is 39.1 Å². The molecule has 2 nitrogen and oxygen atoms in total. The van der Waals surface area contributed by atoms with Gasteiger partial charge in [-0.05, 0) is 30.3 Å². The van der Waals surface area contributed by atoms with Crippen LogP contribution in [0.4, 0.5) is 4.39 Å². The van der Waals surface area contributed by atoms with Gasteiger partial charge in [0.05, 0.1) is 11.1 Å². The van der Waals surface area contributed by atoms with Crippen molar-refractivity contribution < 1.29 is 9.18 Å². The van der Waals surface area contributed by atoms with Gasteiger partial charge in [0.25, 0.3) is 0 Å². The van der Waals surface area contributed by atoms with Crippen LogP contribution < -0.4 is 0 Å². The van der Waals surface area contributed by atoms with Gasteiger partial charge < -0.3 is 0 Å². The third-order valence-electron chi connectivity index (χ3n) is 2.87. The summed E-state index contributed by atoms with van der Waals surface area (Å²) in [6, 6.07) is 10.5. The van der Waals surface area contributed by atoms with E-state index in [0.29, 0.717) is 4.47 Å². The van der Waals surface area contributed by atoms with Crippen LogP contribution in [0.1, 0.15) is 21.8 Å². The summed E-state index contributed by atoms with van der Waals surface area (Å²) in [5, 5.41) is 9.49. The second-order valence-electron chi connectivity index (χ2n) is 4.19. The Morgan fingerprint density at radius 1 is 1.24 bits per heavy atom. The average molecular weight is 387 g/mol. The quantitative estimate of drug-likeness (QED) is 0.664. The molecule has 0 aliphatic carbocycles. The standard InChI is InChI=1S/C15H7BrCl2FNO/c16-8-4-5-11(17)9(6-8)15(21)10(7-20)14-12(18)2-1-3-13(14)19/h1-6,10H. The lowest BCUT2D eigenvalue weighted by Gasteiger charge is -2.12. The van der Waals surface area contributed by atoms with E-state index >= 15 is 0 Å². The Balaban J connectivity index is 2.55. The maximum Gasteiger partial charge on any atom is 0.186 e. The zero-order valence-corrected chi connectivity index (χ0v) is 13.5. The van der Waals surface area contributed by atoms with Crippen LogP contribution in [0.5, 0.6) is 0 Å². The molecule has 0 aromatic heterocycles. The highest BCUT2D eigenvalue weighted by atomic mass is 79.9. The van der Waals surface area contributed by atoms with E-state index < -0.39 is 17.5 Å². The van der Waals surface area contributed by atoms with Gasteiger partial charge >= 0.3 is 0 Å². The molecule has 0 bridgehead atoms. The van der Waals surface area contributed by atoms with Gasteiger partial charge in [0.2, 0.25) is 0 Å². The fourth-order valence-electron chi connectivity index (χ4n) is 1.88. The minimum Gasteiger partial charge on any atom is -0.292 e. The molecule has 106 valence electrons. The van der Waals surface area contributed by atoms with Gasteiger partial charge in [0, 0.05) is 20.6 Å². The molecule has 1 unspecified atom stereocenters. The summed E-state index contributed by atoms with van der Waals surface area (Å²) in [7, 11) is 0. The van der Waals surface area contributed by atoms with Crippen molar-refractivity contribution in [2.45, 2.75) is 5.92 Å². The Labute approximate surface area is 139 Å². The van der Waals surface area contributed by atoms with Gasteiger partial charge in [-0.25, -0.2) is 4.39 Å². The third kappa shape index (κ3) is 3.26. The number of benzene rings is 2. The van der Waals surface area contributed by atoms with Crippen LogP contribution in [-0.2, 0) is 0 Å². The Morgan fingerprint density at radius 2 is 1.95 bits per heavy atom. The number of rotatable bonds is 3. The lowest BCUT2D eigenvalue weighted by molar-refractivity contribution is 0.0977. The molecule has 0 saturated heterocycles. The number of Topliss-reactive ketones (excluding diaryl/α,β-unsaturated/α-hetero) is 1. The molecule has 2 aromatic rings. The molecule has 0 fully saturated rings. The first-order valence-corrected chi connectivity index (χ1v) is 7.33. The Kier molecular flexibility index (Phi) is 5.00. The van der Waals surface area contributed by atoms with Crippen LogP contribution in [0.15, 0.2) is 40.9 Å². The van der Waals surface area contributed by atoms with E-state index in [2.05, 4.69) is 15.9 Å². The number of hydrogen-bond donors (Lipinski definition) is 0. The highest BCUT2D eigenvalue weighted by molar-refractivity contribution is 9.10. The molecule has 21 heavy (non-hydrogen) atoms. The monoisotopic (exact) mass is 385 g/mol. The smallest absolute Gasteiger partial charge is 0.186 e. The largest absolute Gasteiger partial charge is 0.292 e. The third-order valence-corrected chi connectivity index (χ3v) is 4.03. The van der Waals surface area contributed by atoms with Gasteiger partial charge in [-0.15, -0.1) is 0 Å². The molecule has 6 heteroatoms. The van der Waals surface area contributed by atoms with E-state index in [-0.39, 0.29) is 21.2 Å².